The second-order valence-electron chi connectivity index (χ2n) is 4.82. The van der Waals surface area contributed by atoms with Crippen molar-refractivity contribution in [3.63, 3.8) is 0 Å². The summed E-state index contributed by atoms with van der Waals surface area (Å²) in [5.74, 6) is -1.65. The van der Waals surface area contributed by atoms with Crippen LogP contribution in [0, 0.1) is 6.92 Å². The van der Waals surface area contributed by atoms with E-state index in [4.69, 9.17) is 11.6 Å². The topological polar surface area (TPSA) is 113 Å². The van der Waals surface area contributed by atoms with Crippen LogP contribution in [0.2, 0.25) is 5.02 Å². The first-order valence-corrected chi connectivity index (χ1v) is 7.26. The van der Waals surface area contributed by atoms with Gasteiger partial charge >= 0.3 is 5.97 Å². The molecule has 0 aromatic carbocycles. The highest BCUT2D eigenvalue weighted by molar-refractivity contribution is 6.30. The molecule has 0 saturated carbocycles. The molecule has 2 heterocycles. The number of amides is 2. The zero-order chi connectivity index (χ0) is 17.7. The normalized spacial score (nSPS) is 10.1. The van der Waals surface area contributed by atoms with Crippen LogP contribution >= 0.6 is 11.6 Å². The van der Waals surface area contributed by atoms with E-state index in [0.717, 1.165) is 0 Å². The van der Waals surface area contributed by atoms with Crippen molar-refractivity contribution in [2.75, 3.05) is 19.0 Å². The van der Waals surface area contributed by atoms with Gasteiger partial charge in [0.1, 0.15) is 11.4 Å². The van der Waals surface area contributed by atoms with E-state index in [9.17, 15) is 14.4 Å². The molecule has 3 N–H and O–H groups in total. The number of aromatic amines is 1. The van der Waals surface area contributed by atoms with Crippen LogP contribution < -0.4 is 10.6 Å². The summed E-state index contributed by atoms with van der Waals surface area (Å²) in [5.41, 5.74) is 1.19. The molecule has 0 aliphatic rings. The maximum atomic E-state index is 11.9. The first-order valence-electron chi connectivity index (χ1n) is 6.88. The van der Waals surface area contributed by atoms with Crippen LogP contribution in [0.15, 0.2) is 24.4 Å². The Balaban J connectivity index is 1.97. The summed E-state index contributed by atoms with van der Waals surface area (Å²) in [6, 6.07) is 4.51. The minimum atomic E-state index is -0.606. The van der Waals surface area contributed by atoms with Gasteiger partial charge in [0.05, 0.1) is 19.3 Å². The lowest BCUT2D eigenvalue weighted by molar-refractivity contribution is -0.115. The molecule has 2 aromatic heterocycles. The molecule has 0 saturated heterocycles. The fourth-order valence-corrected chi connectivity index (χ4v) is 2.09. The molecule has 0 bridgehead atoms. The largest absolute Gasteiger partial charge is 0.464 e. The predicted octanol–water partition coefficient (Wildman–Crippen LogP) is 1.53. The van der Waals surface area contributed by atoms with E-state index in [0.29, 0.717) is 10.7 Å². The number of carbonyl (C=O) groups excluding carboxylic acids is 3. The number of nitrogens with zero attached hydrogens (tertiary/aromatic N) is 1. The van der Waals surface area contributed by atoms with Crippen molar-refractivity contribution in [2.45, 2.75) is 6.92 Å². The molecule has 126 valence electrons. The van der Waals surface area contributed by atoms with E-state index in [1.165, 1.54) is 25.4 Å². The van der Waals surface area contributed by atoms with E-state index in [1.54, 1.807) is 13.0 Å². The van der Waals surface area contributed by atoms with Gasteiger partial charge in [-0.25, -0.2) is 4.79 Å². The number of esters is 1. The fourth-order valence-electron chi connectivity index (χ4n) is 1.93. The molecule has 2 aromatic rings. The second kappa shape index (κ2) is 7.60. The van der Waals surface area contributed by atoms with E-state index in [1.807, 2.05) is 0 Å². The summed E-state index contributed by atoms with van der Waals surface area (Å²) in [7, 11) is 1.24. The molecule has 0 fully saturated rings. The summed E-state index contributed by atoms with van der Waals surface area (Å²) in [5, 5.41) is 5.32. The van der Waals surface area contributed by atoms with Gasteiger partial charge in [-0.15, -0.1) is 0 Å². The quantitative estimate of drug-likeness (QED) is 0.708. The van der Waals surface area contributed by atoms with Gasteiger partial charge in [0.25, 0.3) is 5.91 Å². The first kappa shape index (κ1) is 17.5. The molecule has 0 radical (unpaired) electrons. The first-order chi connectivity index (χ1) is 11.4. The van der Waals surface area contributed by atoms with Gasteiger partial charge in [0.15, 0.2) is 0 Å². The van der Waals surface area contributed by atoms with Gasteiger partial charge in [0.2, 0.25) is 5.91 Å². The van der Waals surface area contributed by atoms with Gasteiger partial charge in [0, 0.05) is 16.9 Å². The minimum absolute atomic E-state index is 0.100. The van der Waals surface area contributed by atoms with Crippen LogP contribution in [0.1, 0.15) is 26.7 Å². The van der Waals surface area contributed by atoms with Crippen LogP contribution in [0.25, 0.3) is 0 Å². The highest BCUT2D eigenvalue weighted by Crippen LogP contribution is 2.17. The van der Waals surface area contributed by atoms with Crippen LogP contribution in [0.4, 0.5) is 5.69 Å². The van der Waals surface area contributed by atoms with Gasteiger partial charge in [-0.3, -0.25) is 14.6 Å². The maximum absolute atomic E-state index is 11.9. The highest BCUT2D eigenvalue weighted by atomic mass is 35.5. The van der Waals surface area contributed by atoms with Crippen molar-refractivity contribution in [1.29, 1.82) is 0 Å². The summed E-state index contributed by atoms with van der Waals surface area (Å²) in [4.78, 5) is 42.1. The van der Waals surface area contributed by atoms with Crippen LogP contribution in [0.3, 0.4) is 0 Å². The smallest absolute Gasteiger partial charge is 0.356 e. The van der Waals surface area contributed by atoms with Gasteiger partial charge < -0.3 is 20.4 Å². The molecule has 0 aliphatic heterocycles. The molecule has 2 amide bonds. The fraction of sp³-hybridized carbons (Fsp3) is 0.200. The van der Waals surface area contributed by atoms with Crippen molar-refractivity contribution in [2.24, 2.45) is 0 Å². The molecule has 8 nitrogen and oxygen atoms in total. The van der Waals surface area contributed by atoms with Crippen molar-refractivity contribution < 1.29 is 19.1 Å². The third kappa shape index (κ3) is 4.32. The molecule has 2 rings (SSSR count). The number of rotatable bonds is 5. The number of aromatic nitrogens is 2. The third-order valence-corrected chi connectivity index (χ3v) is 3.22. The van der Waals surface area contributed by atoms with Crippen LogP contribution in [-0.4, -0.2) is 41.4 Å². The Morgan fingerprint density at radius 1 is 1.33 bits per heavy atom. The highest BCUT2D eigenvalue weighted by Gasteiger charge is 2.17. The molecule has 0 aliphatic carbocycles. The van der Waals surface area contributed by atoms with Crippen LogP contribution in [-0.2, 0) is 9.53 Å². The number of halogens is 1. The average Bonchev–Trinajstić information content (AvgIpc) is 2.92. The zero-order valence-electron chi connectivity index (χ0n) is 13.0. The molecular formula is C15H15ClN4O4. The van der Waals surface area contributed by atoms with E-state index < -0.39 is 17.8 Å². The Morgan fingerprint density at radius 3 is 2.75 bits per heavy atom. The van der Waals surface area contributed by atoms with Gasteiger partial charge in [-0.1, -0.05) is 11.6 Å². The number of anilines is 1. The zero-order valence-corrected chi connectivity index (χ0v) is 13.7. The number of carbonyl (C=O) groups is 3. The Kier molecular flexibility index (Phi) is 5.54. The standard InChI is InChI=1S/C15H15ClN4O4/c1-8-5-10(13(19-8)15(23)24-2)20-12(21)7-18-14(22)11-6-9(16)3-4-17-11/h3-6,19H,7H2,1-2H3,(H,18,22)(H,20,21). The second-order valence-corrected chi connectivity index (χ2v) is 5.26. The number of ether oxygens (including phenoxy) is 1. The summed E-state index contributed by atoms with van der Waals surface area (Å²) < 4.78 is 4.63. The number of aryl methyl sites for hydroxylation is 1. The number of hydrogen-bond acceptors (Lipinski definition) is 5. The SMILES string of the molecule is COC(=O)c1[nH]c(C)cc1NC(=O)CNC(=O)c1cc(Cl)ccn1. The monoisotopic (exact) mass is 350 g/mol. The number of pyridine rings is 1. The average molecular weight is 351 g/mol. The Morgan fingerprint density at radius 2 is 2.08 bits per heavy atom. The van der Waals surface area contributed by atoms with E-state index in [2.05, 4.69) is 25.3 Å². The molecule has 24 heavy (non-hydrogen) atoms. The van der Waals surface area contributed by atoms with Crippen molar-refractivity contribution in [3.05, 3.63) is 46.5 Å². The Labute approximate surface area is 142 Å². The lowest BCUT2D eigenvalue weighted by Crippen LogP contribution is -2.33. The van der Waals surface area contributed by atoms with Gasteiger partial charge in [-0.2, -0.15) is 0 Å². The van der Waals surface area contributed by atoms with Crippen molar-refractivity contribution >= 4 is 35.1 Å². The van der Waals surface area contributed by atoms with Crippen molar-refractivity contribution in [1.82, 2.24) is 15.3 Å². The lowest BCUT2D eigenvalue weighted by atomic mass is 10.3. The predicted molar refractivity (Wildman–Crippen MR) is 87.1 cm³/mol. The van der Waals surface area contributed by atoms with Crippen LogP contribution in [0.5, 0.6) is 0 Å². The molecule has 0 spiro atoms. The number of H-pyrrole nitrogens is 1. The molecule has 0 atom stereocenters. The Bertz CT molecular complexity index is 788. The summed E-state index contributed by atoms with van der Waals surface area (Å²) >= 11 is 5.78. The van der Waals surface area contributed by atoms with E-state index in [-0.39, 0.29) is 23.6 Å². The van der Waals surface area contributed by atoms with E-state index >= 15 is 0 Å². The summed E-state index contributed by atoms with van der Waals surface area (Å²) in [6.45, 7) is 1.44. The van der Waals surface area contributed by atoms with Gasteiger partial charge in [-0.05, 0) is 25.1 Å². The number of methoxy groups -OCH3 is 1. The molecule has 9 heteroatoms. The number of hydrogen-bond donors (Lipinski definition) is 3. The summed E-state index contributed by atoms with van der Waals surface area (Å²) in [6.07, 6.45) is 1.39. The third-order valence-electron chi connectivity index (χ3n) is 2.98. The number of nitrogens with one attached hydrogen (secondary N) is 3. The van der Waals surface area contributed by atoms with Crippen molar-refractivity contribution in [3.8, 4) is 0 Å². The Hall–Kier alpha value is -2.87. The molecular weight excluding hydrogens is 336 g/mol. The minimum Gasteiger partial charge on any atom is -0.464 e. The molecule has 0 unspecified atom stereocenters. The lowest BCUT2D eigenvalue weighted by Gasteiger charge is -2.07. The maximum Gasteiger partial charge on any atom is 0.356 e.